The maximum atomic E-state index is 12.3. The summed E-state index contributed by atoms with van der Waals surface area (Å²) in [6.07, 6.45) is 7.79. The van der Waals surface area contributed by atoms with Crippen LogP contribution in [0.3, 0.4) is 0 Å². The molecule has 4 rings (SSSR count). The lowest BCUT2D eigenvalue weighted by molar-refractivity contribution is -0.116. The highest BCUT2D eigenvalue weighted by Gasteiger charge is 2.36. The molecule has 0 radical (unpaired) electrons. The number of hydrogen-bond donors (Lipinski definition) is 0. The predicted octanol–water partition coefficient (Wildman–Crippen LogP) is 2.55. The molecule has 2 fully saturated rings. The summed E-state index contributed by atoms with van der Waals surface area (Å²) in [5.74, 6) is 0.134. The molecule has 2 saturated heterocycles. The third-order valence-electron chi connectivity index (χ3n) is 5.60. The van der Waals surface area contributed by atoms with E-state index in [1.54, 1.807) is 0 Å². The fourth-order valence-corrected chi connectivity index (χ4v) is 5.70. The maximum Gasteiger partial charge on any atom is 0.240 e. The predicted molar refractivity (Wildman–Crippen MR) is 92.1 cm³/mol. The minimum Gasteiger partial charge on any atom is -0.310 e. The molecule has 1 amide bonds. The lowest BCUT2D eigenvalue weighted by Crippen LogP contribution is -2.43. The smallest absolute Gasteiger partial charge is 0.240 e. The van der Waals surface area contributed by atoms with Gasteiger partial charge >= 0.3 is 0 Å². The van der Waals surface area contributed by atoms with Crippen molar-refractivity contribution >= 4 is 22.4 Å². The zero-order valence-corrected chi connectivity index (χ0v) is 14.3. The van der Waals surface area contributed by atoms with Crippen molar-refractivity contribution in [1.82, 2.24) is 4.90 Å². The van der Waals surface area contributed by atoms with Crippen LogP contribution >= 0.6 is 0 Å². The number of nitrogens with zero attached hydrogens (tertiary/aromatic N) is 2. The van der Waals surface area contributed by atoms with Gasteiger partial charge in [0, 0.05) is 25.2 Å². The Bertz CT molecular complexity index is 617. The minimum absolute atomic E-state index is 0.00338. The van der Waals surface area contributed by atoms with Gasteiger partial charge in [0.25, 0.3) is 0 Å². The zero-order chi connectivity index (χ0) is 15.8. The molecule has 5 heteroatoms. The average molecular weight is 332 g/mol. The lowest BCUT2D eigenvalue weighted by Gasteiger charge is -2.35. The molecule has 23 heavy (non-hydrogen) atoms. The van der Waals surface area contributed by atoms with Crippen LogP contribution in [0.1, 0.15) is 38.5 Å². The van der Waals surface area contributed by atoms with Gasteiger partial charge in [0.2, 0.25) is 5.91 Å². The summed E-state index contributed by atoms with van der Waals surface area (Å²) in [4.78, 5) is 17.7. The van der Waals surface area contributed by atoms with Crippen LogP contribution < -0.4 is 4.90 Å². The summed E-state index contributed by atoms with van der Waals surface area (Å²) in [5.41, 5.74) is 0.851. The Morgan fingerprint density at radius 2 is 1.78 bits per heavy atom. The van der Waals surface area contributed by atoms with Crippen LogP contribution in [0.4, 0.5) is 5.69 Å². The van der Waals surface area contributed by atoms with E-state index in [4.69, 9.17) is 0 Å². The van der Waals surface area contributed by atoms with Crippen LogP contribution in [0.5, 0.6) is 0 Å². The number of fused-ring (bicyclic) bond motifs is 3. The first-order valence-corrected chi connectivity index (χ1v) is 10.1. The van der Waals surface area contributed by atoms with Gasteiger partial charge in [-0.05, 0) is 44.2 Å². The van der Waals surface area contributed by atoms with Gasteiger partial charge < -0.3 is 4.90 Å². The normalized spacial score (nSPS) is 30.5. The van der Waals surface area contributed by atoms with Gasteiger partial charge in [-0.1, -0.05) is 18.6 Å². The number of piperidine rings is 1. The fourth-order valence-electron chi connectivity index (χ4n) is 4.52. The molecule has 0 N–H and O–H groups in total. The van der Waals surface area contributed by atoms with E-state index >= 15 is 0 Å². The van der Waals surface area contributed by atoms with Gasteiger partial charge in [0.15, 0.2) is 0 Å². The third kappa shape index (κ3) is 2.85. The Hall–Kier alpha value is -1.20. The van der Waals surface area contributed by atoms with Gasteiger partial charge in [0.1, 0.15) is 5.75 Å². The monoisotopic (exact) mass is 332 g/mol. The molecule has 1 aromatic rings. The van der Waals surface area contributed by atoms with E-state index in [2.05, 4.69) is 4.90 Å². The molecule has 2 bridgehead atoms. The largest absolute Gasteiger partial charge is 0.310 e. The number of benzene rings is 1. The van der Waals surface area contributed by atoms with Crippen molar-refractivity contribution in [2.45, 2.75) is 55.5 Å². The number of carbonyl (C=O) groups excluding carboxylic acids is 1. The Morgan fingerprint density at radius 1 is 1.04 bits per heavy atom. The van der Waals surface area contributed by atoms with E-state index in [1.807, 2.05) is 29.2 Å². The van der Waals surface area contributed by atoms with Crippen LogP contribution in [0.15, 0.2) is 29.2 Å². The lowest BCUT2D eigenvalue weighted by atomic mass is 10.0. The molecule has 124 valence electrons. The van der Waals surface area contributed by atoms with E-state index in [-0.39, 0.29) is 11.7 Å². The summed E-state index contributed by atoms with van der Waals surface area (Å²) < 4.78 is 12.1. The molecule has 3 aliphatic heterocycles. The Morgan fingerprint density at radius 3 is 2.57 bits per heavy atom. The molecular weight excluding hydrogens is 308 g/mol. The SMILES string of the molecule is O=C1CS(=O)c2ccccc2N1CCCN1C2CCC[C@@H]1CC2. The molecular formula is C18H24N2O2S. The van der Waals surface area contributed by atoms with Crippen LogP contribution in [0.25, 0.3) is 0 Å². The van der Waals surface area contributed by atoms with Gasteiger partial charge in [0.05, 0.1) is 21.4 Å². The van der Waals surface area contributed by atoms with Crippen molar-refractivity contribution in [3.05, 3.63) is 24.3 Å². The standard InChI is InChI=1S/C18H24N2O2S/c21-18-13-23(22)17-8-2-1-7-16(17)20(18)12-4-11-19-14-5-3-6-15(19)10-9-14/h1-2,7-8,14-15H,3-6,9-13H2/t14-,15?,23?/m1/s1. The van der Waals surface area contributed by atoms with Crippen molar-refractivity contribution in [1.29, 1.82) is 0 Å². The van der Waals surface area contributed by atoms with E-state index in [1.165, 1.54) is 32.1 Å². The second-order valence-electron chi connectivity index (χ2n) is 6.91. The zero-order valence-electron chi connectivity index (χ0n) is 13.4. The molecule has 2 unspecified atom stereocenters. The molecule has 3 aliphatic rings. The van der Waals surface area contributed by atoms with Crippen molar-refractivity contribution in [2.75, 3.05) is 23.7 Å². The summed E-state index contributed by atoms with van der Waals surface area (Å²) in [6, 6.07) is 9.20. The maximum absolute atomic E-state index is 12.3. The highest BCUT2D eigenvalue weighted by Crippen LogP contribution is 2.35. The first-order chi connectivity index (χ1) is 11.2. The van der Waals surface area contributed by atoms with E-state index < -0.39 is 10.8 Å². The van der Waals surface area contributed by atoms with E-state index in [9.17, 15) is 9.00 Å². The number of rotatable bonds is 4. The first kappa shape index (κ1) is 15.3. The molecule has 3 heterocycles. The van der Waals surface area contributed by atoms with Crippen molar-refractivity contribution < 1.29 is 9.00 Å². The summed E-state index contributed by atoms with van der Waals surface area (Å²) in [7, 11) is -1.18. The number of anilines is 1. The van der Waals surface area contributed by atoms with Crippen LogP contribution in [-0.2, 0) is 15.6 Å². The Balaban J connectivity index is 1.42. The second kappa shape index (κ2) is 6.36. The molecule has 0 aliphatic carbocycles. The molecule has 0 saturated carbocycles. The van der Waals surface area contributed by atoms with Gasteiger partial charge in [-0.3, -0.25) is 13.9 Å². The molecule has 4 nitrogen and oxygen atoms in total. The van der Waals surface area contributed by atoms with Gasteiger partial charge in [-0.25, -0.2) is 0 Å². The Kier molecular flexibility index (Phi) is 4.24. The van der Waals surface area contributed by atoms with Crippen LogP contribution in [0, 0.1) is 0 Å². The summed E-state index contributed by atoms with van der Waals surface area (Å²) >= 11 is 0. The topological polar surface area (TPSA) is 40.6 Å². The van der Waals surface area contributed by atoms with Gasteiger partial charge in [-0.2, -0.15) is 0 Å². The molecule has 0 aromatic heterocycles. The summed E-state index contributed by atoms with van der Waals surface area (Å²) in [5, 5.41) is 0. The van der Waals surface area contributed by atoms with Gasteiger partial charge in [-0.15, -0.1) is 0 Å². The summed E-state index contributed by atoms with van der Waals surface area (Å²) in [6.45, 7) is 1.83. The Labute approximate surface area is 140 Å². The number of para-hydroxylation sites is 1. The number of hydrogen-bond acceptors (Lipinski definition) is 3. The van der Waals surface area contributed by atoms with Crippen LogP contribution in [-0.4, -0.2) is 45.9 Å². The van der Waals surface area contributed by atoms with E-state index in [0.717, 1.165) is 42.2 Å². The highest BCUT2D eigenvalue weighted by atomic mass is 32.2. The number of amides is 1. The van der Waals surface area contributed by atoms with Crippen molar-refractivity contribution in [3.63, 3.8) is 0 Å². The van der Waals surface area contributed by atoms with Crippen LogP contribution in [0.2, 0.25) is 0 Å². The minimum atomic E-state index is -1.18. The molecule has 3 atom stereocenters. The van der Waals surface area contributed by atoms with Crippen molar-refractivity contribution in [3.8, 4) is 0 Å². The van der Waals surface area contributed by atoms with Crippen molar-refractivity contribution in [2.24, 2.45) is 0 Å². The average Bonchev–Trinajstić information content (AvgIpc) is 2.78. The third-order valence-corrected chi connectivity index (χ3v) is 6.95. The second-order valence-corrected chi connectivity index (χ2v) is 8.33. The van der Waals surface area contributed by atoms with E-state index in [0.29, 0.717) is 0 Å². The molecule has 0 spiro atoms. The first-order valence-electron chi connectivity index (χ1n) is 8.77. The quantitative estimate of drug-likeness (QED) is 0.851. The molecule has 1 aromatic carbocycles. The number of carbonyl (C=O) groups is 1. The highest BCUT2D eigenvalue weighted by molar-refractivity contribution is 7.86. The fraction of sp³-hybridized carbons (Fsp3) is 0.611.